The first kappa shape index (κ1) is 12.8. The molecule has 0 aliphatic rings. The number of aromatic amines is 1. The second-order valence-electron chi connectivity index (χ2n) is 5.55. The van der Waals surface area contributed by atoms with Gasteiger partial charge in [0.2, 0.25) is 0 Å². The molecule has 1 unspecified atom stereocenters. The van der Waals surface area contributed by atoms with E-state index in [0.29, 0.717) is 6.42 Å². The lowest BCUT2D eigenvalue weighted by Gasteiger charge is -2.12. The first-order valence-electron chi connectivity index (χ1n) is 6.02. The Kier molecular flexibility index (Phi) is 3.21. The summed E-state index contributed by atoms with van der Waals surface area (Å²) in [6, 6.07) is -0.181. The van der Waals surface area contributed by atoms with Crippen LogP contribution in [0.2, 0.25) is 0 Å². The van der Waals surface area contributed by atoms with E-state index < -0.39 is 0 Å². The topological polar surface area (TPSA) is 85.4 Å². The molecule has 0 amide bonds. The van der Waals surface area contributed by atoms with Crippen molar-refractivity contribution < 1.29 is 0 Å². The molecule has 3 N–H and O–H groups in total. The van der Waals surface area contributed by atoms with Gasteiger partial charge in [0.25, 0.3) is 0 Å². The Labute approximate surface area is 107 Å². The van der Waals surface area contributed by atoms with Crippen molar-refractivity contribution in [1.29, 1.82) is 0 Å². The van der Waals surface area contributed by atoms with E-state index in [1.165, 1.54) is 0 Å². The number of imidazole rings is 1. The SMILES string of the molecule is Cn1nc(C(C)(C)C)nc1C(N)Cc1cnc[nH]1. The van der Waals surface area contributed by atoms with Gasteiger partial charge in [-0.15, -0.1) is 0 Å². The summed E-state index contributed by atoms with van der Waals surface area (Å²) >= 11 is 0. The first-order valence-corrected chi connectivity index (χ1v) is 6.02. The zero-order valence-corrected chi connectivity index (χ0v) is 11.3. The van der Waals surface area contributed by atoms with Crippen LogP contribution in [0.15, 0.2) is 12.5 Å². The molecule has 0 spiro atoms. The summed E-state index contributed by atoms with van der Waals surface area (Å²) in [7, 11) is 1.88. The standard InChI is InChI=1S/C12H20N6/c1-12(2,3)11-16-10(18(4)17-11)9(13)5-8-6-14-7-15-8/h6-7,9H,5,13H2,1-4H3,(H,14,15). The normalized spacial score (nSPS) is 13.8. The molecular weight excluding hydrogens is 228 g/mol. The Morgan fingerprint density at radius 1 is 1.44 bits per heavy atom. The molecule has 2 heterocycles. The van der Waals surface area contributed by atoms with Gasteiger partial charge >= 0.3 is 0 Å². The predicted octanol–water partition coefficient (Wildman–Crippen LogP) is 1.08. The molecule has 2 rings (SSSR count). The molecule has 0 saturated heterocycles. The largest absolute Gasteiger partial charge is 0.348 e. The molecular formula is C12H20N6. The van der Waals surface area contributed by atoms with Crippen LogP contribution in [0.25, 0.3) is 0 Å². The fraction of sp³-hybridized carbons (Fsp3) is 0.583. The van der Waals surface area contributed by atoms with Gasteiger partial charge < -0.3 is 10.7 Å². The van der Waals surface area contributed by atoms with Crippen LogP contribution in [0.3, 0.4) is 0 Å². The minimum Gasteiger partial charge on any atom is -0.348 e. The second-order valence-corrected chi connectivity index (χ2v) is 5.55. The highest BCUT2D eigenvalue weighted by molar-refractivity contribution is 5.08. The van der Waals surface area contributed by atoms with Crippen molar-refractivity contribution in [3.8, 4) is 0 Å². The molecule has 0 bridgehead atoms. The zero-order chi connectivity index (χ0) is 13.3. The fourth-order valence-corrected chi connectivity index (χ4v) is 1.76. The Morgan fingerprint density at radius 3 is 2.67 bits per heavy atom. The van der Waals surface area contributed by atoms with Crippen molar-refractivity contribution in [3.05, 3.63) is 29.9 Å². The maximum atomic E-state index is 6.17. The number of nitrogens with one attached hydrogen (secondary N) is 1. The van der Waals surface area contributed by atoms with E-state index in [0.717, 1.165) is 17.3 Å². The van der Waals surface area contributed by atoms with Crippen molar-refractivity contribution >= 4 is 0 Å². The van der Waals surface area contributed by atoms with Crippen LogP contribution in [0, 0.1) is 0 Å². The second kappa shape index (κ2) is 4.53. The van der Waals surface area contributed by atoms with E-state index >= 15 is 0 Å². The lowest BCUT2D eigenvalue weighted by atomic mass is 9.96. The van der Waals surface area contributed by atoms with Crippen LogP contribution < -0.4 is 5.73 Å². The molecule has 2 aromatic heterocycles. The molecule has 6 heteroatoms. The van der Waals surface area contributed by atoms with Crippen molar-refractivity contribution in [2.45, 2.75) is 38.6 Å². The van der Waals surface area contributed by atoms with Gasteiger partial charge in [0.05, 0.1) is 12.4 Å². The van der Waals surface area contributed by atoms with Crippen molar-refractivity contribution in [1.82, 2.24) is 24.7 Å². The van der Waals surface area contributed by atoms with E-state index in [4.69, 9.17) is 5.73 Å². The van der Waals surface area contributed by atoms with E-state index in [-0.39, 0.29) is 11.5 Å². The number of hydrogen-bond acceptors (Lipinski definition) is 4. The molecule has 0 aliphatic carbocycles. The first-order chi connectivity index (χ1) is 8.38. The highest BCUT2D eigenvalue weighted by Gasteiger charge is 2.23. The Balaban J connectivity index is 2.20. The third kappa shape index (κ3) is 2.59. The maximum Gasteiger partial charge on any atom is 0.156 e. The van der Waals surface area contributed by atoms with E-state index in [1.807, 2.05) is 7.05 Å². The Bertz CT molecular complexity index is 505. The minimum absolute atomic E-state index is 0.0658. The summed E-state index contributed by atoms with van der Waals surface area (Å²) in [5.74, 6) is 1.62. The highest BCUT2D eigenvalue weighted by Crippen LogP contribution is 2.20. The average molecular weight is 248 g/mol. The van der Waals surface area contributed by atoms with Crippen LogP contribution >= 0.6 is 0 Å². The van der Waals surface area contributed by atoms with Gasteiger partial charge in [-0.1, -0.05) is 20.8 Å². The van der Waals surface area contributed by atoms with Gasteiger partial charge in [0.15, 0.2) is 5.82 Å². The van der Waals surface area contributed by atoms with Crippen LogP contribution in [0.5, 0.6) is 0 Å². The number of aryl methyl sites for hydroxylation is 1. The van der Waals surface area contributed by atoms with Gasteiger partial charge in [-0.25, -0.2) is 9.97 Å². The number of nitrogens with two attached hydrogens (primary N) is 1. The van der Waals surface area contributed by atoms with E-state index in [9.17, 15) is 0 Å². The molecule has 0 aliphatic heterocycles. The van der Waals surface area contributed by atoms with Crippen LogP contribution in [-0.2, 0) is 18.9 Å². The molecule has 6 nitrogen and oxygen atoms in total. The summed E-state index contributed by atoms with van der Waals surface area (Å²) in [6.07, 6.45) is 4.11. The molecule has 2 aromatic rings. The third-order valence-electron chi connectivity index (χ3n) is 2.79. The third-order valence-corrected chi connectivity index (χ3v) is 2.79. The van der Waals surface area contributed by atoms with E-state index in [2.05, 4.69) is 40.8 Å². The van der Waals surface area contributed by atoms with Crippen LogP contribution in [0.1, 0.15) is 44.2 Å². The number of aromatic nitrogens is 5. The predicted molar refractivity (Wildman–Crippen MR) is 68.9 cm³/mol. The van der Waals surface area contributed by atoms with Crippen LogP contribution in [-0.4, -0.2) is 24.7 Å². The van der Waals surface area contributed by atoms with Gasteiger partial charge in [0.1, 0.15) is 5.82 Å². The summed E-state index contributed by atoms with van der Waals surface area (Å²) in [6.45, 7) is 6.27. The molecule has 1 atom stereocenters. The Morgan fingerprint density at radius 2 is 2.17 bits per heavy atom. The van der Waals surface area contributed by atoms with Crippen molar-refractivity contribution in [2.75, 3.05) is 0 Å². The molecule has 0 radical (unpaired) electrons. The molecule has 18 heavy (non-hydrogen) atoms. The van der Waals surface area contributed by atoms with Crippen LogP contribution in [0.4, 0.5) is 0 Å². The summed E-state index contributed by atoms with van der Waals surface area (Å²) < 4.78 is 1.77. The minimum atomic E-state index is -0.181. The number of hydrogen-bond donors (Lipinski definition) is 2. The van der Waals surface area contributed by atoms with Gasteiger partial charge in [-0.05, 0) is 0 Å². The number of nitrogens with zero attached hydrogens (tertiary/aromatic N) is 4. The van der Waals surface area contributed by atoms with Gasteiger partial charge in [0, 0.05) is 30.8 Å². The molecule has 0 aromatic carbocycles. The van der Waals surface area contributed by atoms with Gasteiger partial charge in [-0.2, -0.15) is 5.10 Å². The summed E-state index contributed by atoms with van der Waals surface area (Å²) in [5.41, 5.74) is 7.11. The average Bonchev–Trinajstić information content (AvgIpc) is 2.85. The molecule has 0 saturated carbocycles. The smallest absolute Gasteiger partial charge is 0.156 e. The monoisotopic (exact) mass is 248 g/mol. The number of H-pyrrole nitrogens is 1. The summed E-state index contributed by atoms with van der Waals surface area (Å²) in [5, 5.41) is 4.43. The number of rotatable bonds is 3. The fourth-order valence-electron chi connectivity index (χ4n) is 1.76. The van der Waals surface area contributed by atoms with Gasteiger partial charge in [-0.3, -0.25) is 4.68 Å². The lowest BCUT2D eigenvalue weighted by Crippen LogP contribution is -2.18. The Hall–Kier alpha value is -1.69. The molecule has 98 valence electrons. The van der Waals surface area contributed by atoms with Crippen molar-refractivity contribution in [2.24, 2.45) is 12.8 Å². The molecule has 0 fully saturated rings. The summed E-state index contributed by atoms with van der Waals surface area (Å²) in [4.78, 5) is 11.6. The maximum absolute atomic E-state index is 6.17. The zero-order valence-electron chi connectivity index (χ0n) is 11.3. The lowest BCUT2D eigenvalue weighted by molar-refractivity contribution is 0.538. The van der Waals surface area contributed by atoms with Crippen molar-refractivity contribution in [3.63, 3.8) is 0 Å². The highest BCUT2D eigenvalue weighted by atomic mass is 15.3. The quantitative estimate of drug-likeness (QED) is 0.851. The van der Waals surface area contributed by atoms with E-state index in [1.54, 1.807) is 17.2 Å².